The van der Waals surface area contributed by atoms with E-state index < -0.39 is 11.0 Å². The van der Waals surface area contributed by atoms with Crippen molar-refractivity contribution in [2.24, 2.45) is 0 Å². The molecule has 9 heteroatoms. The highest BCUT2D eigenvalue weighted by Gasteiger charge is 2.27. The maximum absolute atomic E-state index is 12.2. The smallest absolute Gasteiger partial charge is 0.372 e. The van der Waals surface area contributed by atoms with Crippen LogP contribution < -0.4 is 10.1 Å². The Bertz CT molecular complexity index is 518. The lowest BCUT2D eigenvalue weighted by Crippen LogP contribution is -2.41. The first-order valence-electron chi connectivity index (χ1n) is 6.54. The zero-order chi connectivity index (χ0) is 16.0. The second-order valence-corrected chi connectivity index (χ2v) is 4.21. The predicted molar refractivity (Wildman–Crippen MR) is 76.3 cm³/mol. The molecule has 0 saturated heterocycles. The Kier molecular flexibility index (Phi) is 5.82. The van der Waals surface area contributed by atoms with E-state index in [1.165, 1.54) is 7.11 Å². The first-order valence-corrected chi connectivity index (χ1v) is 6.54. The number of amides is 1. The van der Waals surface area contributed by atoms with E-state index in [-0.39, 0.29) is 23.3 Å². The average molecular weight is 297 g/mol. The molecule has 0 aliphatic heterocycles. The summed E-state index contributed by atoms with van der Waals surface area (Å²) >= 11 is 0. The number of ether oxygens (including phenoxy) is 1. The fraction of sp³-hybridized carbons (Fsp3) is 0.583. The third-order valence-corrected chi connectivity index (χ3v) is 2.96. The summed E-state index contributed by atoms with van der Waals surface area (Å²) in [4.78, 5) is 31.8. The summed E-state index contributed by atoms with van der Waals surface area (Å²) in [7, 11) is 1.28. The zero-order valence-corrected chi connectivity index (χ0v) is 12.5. The largest absolute Gasteiger partial charge is 0.476 e. The molecule has 0 aliphatic carbocycles. The van der Waals surface area contributed by atoms with Gasteiger partial charge in [0, 0.05) is 13.1 Å². The molecule has 0 aliphatic rings. The van der Waals surface area contributed by atoms with E-state index in [1.54, 1.807) is 11.8 Å². The topological polar surface area (TPSA) is 110 Å². The molecular weight excluding hydrogens is 278 g/mol. The number of carbonyl (C=O) groups is 1. The van der Waals surface area contributed by atoms with Crippen LogP contribution in [0.4, 0.5) is 11.5 Å². The standard InChI is InChI=1S/C12H19N5O4/c1-5-16(6-2)12(18)8(3)15-10-9(17(19)20)11(21-4)14-7-13-10/h7-8H,5-6H2,1-4H3,(H,13,14,15). The van der Waals surface area contributed by atoms with Crippen LogP contribution in [-0.4, -0.2) is 51.9 Å². The average Bonchev–Trinajstić information content (AvgIpc) is 2.47. The fourth-order valence-electron chi connectivity index (χ4n) is 1.86. The van der Waals surface area contributed by atoms with E-state index in [4.69, 9.17) is 4.74 Å². The number of hydrogen-bond donors (Lipinski definition) is 1. The number of methoxy groups -OCH3 is 1. The monoisotopic (exact) mass is 297 g/mol. The molecule has 1 aromatic rings. The summed E-state index contributed by atoms with van der Waals surface area (Å²) in [5, 5.41) is 13.9. The molecule has 0 saturated carbocycles. The fourth-order valence-corrected chi connectivity index (χ4v) is 1.86. The Morgan fingerprint density at radius 1 is 1.48 bits per heavy atom. The van der Waals surface area contributed by atoms with Gasteiger partial charge in [0.25, 0.3) is 5.88 Å². The molecular formula is C12H19N5O4. The predicted octanol–water partition coefficient (Wildman–Crippen LogP) is 1.06. The summed E-state index contributed by atoms with van der Waals surface area (Å²) in [5.41, 5.74) is -0.390. The van der Waals surface area contributed by atoms with Crippen molar-refractivity contribution < 1.29 is 14.5 Å². The van der Waals surface area contributed by atoms with Gasteiger partial charge in [-0.15, -0.1) is 0 Å². The number of nitrogens with zero attached hydrogens (tertiary/aromatic N) is 4. The molecule has 1 unspecified atom stereocenters. The van der Waals surface area contributed by atoms with Gasteiger partial charge in [-0.25, -0.2) is 4.98 Å². The van der Waals surface area contributed by atoms with Crippen molar-refractivity contribution in [1.29, 1.82) is 0 Å². The number of hydrogen-bond acceptors (Lipinski definition) is 7. The number of nitrogens with one attached hydrogen (secondary N) is 1. The summed E-state index contributed by atoms with van der Waals surface area (Å²) in [6.45, 7) is 6.49. The van der Waals surface area contributed by atoms with Gasteiger partial charge in [0.15, 0.2) is 0 Å². The molecule has 0 bridgehead atoms. The molecule has 1 aromatic heterocycles. The number of nitro groups is 1. The van der Waals surface area contributed by atoms with Crippen LogP contribution in [0.5, 0.6) is 5.88 Å². The van der Waals surface area contributed by atoms with Crippen molar-refractivity contribution in [2.45, 2.75) is 26.8 Å². The van der Waals surface area contributed by atoms with Gasteiger partial charge in [-0.3, -0.25) is 14.9 Å². The van der Waals surface area contributed by atoms with E-state index in [9.17, 15) is 14.9 Å². The molecule has 1 amide bonds. The number of aromatic nitrogens is 2. The molecule has 0 radical (unpaired) electrons. The van der Waals surface area contributed by atoms with Crippen LogP contribution in [-0.2, 0) is 4.79 Å². The lowest BCUT2D eigenvalue weighted by molar-refractivity contribution is -0.385. The minimum atomic E-state index is -0.650. The van der Waals surface area contributed by atoms with Crippen molar-refractivity contribution in [1.82, 2.24) is 14.9 Å². The van der Waals surface area contributed by atoms with E-state index in [2.05, 4.69) is 15.3 Å². The van der Waals surface area contributed by atoms with Crippen LogP contribution >= 0.6 is 0 Å². The van der Waals surface area contributed by atoms with Crippen molar-refractivity contribution in [3.8, 4) is 5.88 Å². The van der Waals surface area contributed by atoms with Crippen LogP contribution in [0, 0.1) is 10.1 Å². The molecule has 1 rings (SSSR count). The summed E-state index contributed by atoms with van der Waals surface area (Å²) < 4.78 is 4.85. The third-order valence-electron chi connectivity index (χ3n) is 2.96. The highest BCUT2D eigenvalue weighted by atomic mass is 16.6. The van der Waals surface area contributed by atoms with Crippen LogP contribution in [0.2, 0.25) is 0 Å². The van der Waals surface area contributed by atoms with Crippen molar-refractivity contribution in [2.75, 3.05) is 25.5 Å². The minimum absolute atomic E-state index is 0.0418. The van der Waals surface area contributed by atoms with E-state index in [0.29, 0.717) is 13.1 Å². The van der Waals surface area contributed by atoms with Gasteiger partial charge < -0.3 is 15.0 Å². The Labute approximate surface area is 122 Å². The molecule has 0 aromatic carbocycles. The van der Waals surface area contributed by atoms with E-state index >= 15 is 0 Å². The van der Waals surface area contributed by atoms with Crippen LogP contribution in [0.3, 0.4) is 0 Å². The van der Waals surface area contributed by atoms with E-state index in [0.717, 1.165) is 6.33 Å². The Hall–Kier alpha value is -2.45. The number of likely N-dealkylation sites (N-methyl/N-ethyl adjacent to an activating group) is 1. The first-order chi connectivity index (χ1) is 9.96. The van der Waals surface area contributed by atoms with Crippen LogP contribution in [0.1, 0.15) is 20.8 Å². The Morgan fingerprint density at radius 2 is 2.10 bits per heavy atom. The highest BCUT2D eigenvalue weighted by Crippen LogP contribution is 2.30. The molecule has 21 heavy (non-hydrogen) atoms. The molecule has 1 atom stereocenters. The molecule has 1 heterocycles. The molecule has 1 N–H and O–H groups in total. The Morgan fingerprint density at radius 3 is 2.57 bits per heavy atom. The van der Waals surface area contributed by atoms with Crippen molar-refractivity contribution in [3.63, 3.8) is 0 Å². The quantitative estimate of drug-likeness (QED) is 0.591. The molecule has 0 fully saturated rings. The van der Waals surface area contributed by atoms with Crippen molar-refractivity contribution >= 4 is 17.4 Å². The summed E-state index contributed by atoms with van der Waals surface area (Å²) in [6.07, 6.45) is 1.14. The first kappa shape index (κ1) is 16.6. The van der Waals surface area contributed by atoms with Gasteiger partial charge >= 0.3 is 5.69 Å². The lowest BCUT2D eigenvalue weighted by atomic mass is 10.2. The van der Waals surface area contributed by atoms with Gasteiger partial charge in [0.1, 0.15) is 12.4 Å². The van der Waals surface area contributed by atoms with E-state index in [1.807, 2.05) is 13.8 Å². The second-order valence-electron chi connectivity index (χ2n) is 4.21. The number of carbonyl (C=O) groups excluding carboxylic acids is 1. The molecule has 9 nitrogen and oxygen atoms in total. The normalized spacial score (nSPS) is 11.6. The maximum atomic E-state index is 12.2. The summed E-state index contributed by atoms with van der Waals surface area (Å²) in [5.74, 6) is -0.355. The van der Waals surface area contributed by atoms with Crippen LogP contribution in [0.15, 0.2) is 6.33 Å². The lowest BCUT2D eigenvalue weighted by Gasteiger charge is -2.23. The van der Waals surface area contributed by atoms with Gasteiger partial charge in [0.2, 0.25) is 11.7 Å². The van der Waals surface area contributed by atoms with Gasteiger partial charge in [-0.05, 0) is 20.8 Å². The number of rotatable bonds is 7. The van der Waals surface area contributed by atoms with Crippen molar-refractivity contribution in [3.05, 3.63) is 16.4 Å². The summed E-state index contributed by atoms with van der Waals surface area (Å²) in [6, 6.07) is -0.650. The maximum Gasteiger partial charge on any atom is 0.372 e. The van der Waals surface area contributed by atoms with Gasteiger partial charge in [0.05, 0.1) is 12.0 Å². The zero-order valence-electron chi connectivity index (χ0n) is 12.5. The minimum Gasteiger partial charge on any atom is -0.476 e. The third kappa shape index (κ3) is 3.77. The van der Waals surface area contributed by atoms with Gasteiger partial charge in [-0.1, -0.05) is 0 Å². The SMILES string of the molecule is CCN(CC)C(=O)C(C)Nc1ncnc(OC)c1[N+](=O)[O-]. The molecule has 0 spiro atoms. The second kappa shape index (κ2) is 7.36. The van der Waals surface area contributed by atoms with Crippen LogP contribution in [0.25, 0.3) is 0 Å². The van der Waals surface area contributed by atoms with Gasteiger partial charge in [-0.2, -0.15) is 4.98 Å². The highest BCUT2D eigenvalue weighted by molar-refractivity contribution is 5.84. The molecule has 116 valence electrons. The Balaban J connectivity index is 3.02. The number of anilines is 1.